The molecule has 0 fully saturated rings. The molecule has 98 valence electrons. The number of aromatic nitrogens is 2. The van der Waals surface area contributed by atoms with Crippen molar-refractivity contribution in [1.29, 1.82) is 0 Å². The molecule has 0 saturated carbocycles. The SMILES string of the molecule is Cc1nc2c(=O)oc3ccccc3c2n1CC(C)C. The maximum Gasteiger partial charge on any atom is 0.364 e. The van der Waals surface area contributed by atoms with Gasteiger partial charge in [0.1, 0.15) is 11.4 Å². The van der Waals surface area contributed by atoms with Crippen molar-refractivity contribution in [2.45, 2.75) is 27.3 Å². The number of rotatable bonds is 2. The van der Waals surface area contributed by atoms with Crippen molar-refractivity contribution in [3.8, 4) is 0 Å². The maximum atomic E-state index is 12.0. The summed E-state index contributed by atoms with van der Waals surface area (Å²) >= 11 is 0. The molecule has 2 aromatic heterocycles. The number of hydrogen-bond donors (Lipinski definition) is 0. The Labute approximate surface area is 110 Å². The summed E-state index contributed by atoms with van der Waals surface area (Å²) in [5, 5.41) is 0.943. The molecule has 0 unspecified atom stereocenters. The molecule has 19 heavy (non-hydrogen) atoms. The standard InChI is InChI=1S/C15H16N2O2/c1-9(2)8-17-10(3)16-13-14(17)11-6-4-5-7-12(11)19-15(13)18/h4-7,9H,8H2,1-3H3. The molecule has 0 aliphatic carbocycles. The van der Waals surface area contributed by atoms with E-state index in [4.69, 9.17) is 4.42 Å². The zero-order valence-electron chi connectivity index (χ0n) is 11.3. The molecule has 0 radical (unpaired) electrons. The molecule has 0 N–H and O–H groups in total. The minimum atomic E-state index is -0.362. The van der Waals surface area contributed by atoms with E-state index in [2.05, 4.69) is 23.4 Å². The molecule has 0 atom stereocenters. The molecule has 0 aliphatic rings. The van der Waals surface area contributed by atoms with E-state index in [1.165, 1.54) is 0 Å². The van der Waals surface area contributed by atoms with Crippen LogP contribution in [0.5, 0.6) is 0 Å². The van der Waals surface area contributed by atoms with Crippen LogP contribution >= 0.6 is 0 Å². The molecule has 0 spiro atoms. The largest absolute Gasteiger partial charge is 0.421 e. The third kappa shape index (κ3) is 1.84. The van der Waals surface area contributed by atoms with Gasteiger partial charge in [-0.2, -0.15) is 0 Å². The fourth-order valence-corrected chi connectivity index (χ4v) is 2.47. The van der Waals surface area contributed by atoms with Gasteiger partial charge in [0.05, 0.1) is 5.52 Å². The normalized spacial score (nSPS) is 11.8. The molecule has 4 nitrogen and oxygen atoms in total. The summed E-state index contributed by atoms with van der Waals surface area (Å²) in [6.45, 7) is 7.07. The van der Waals surface area contributed by atoms with E-state index in [-0.39, 0.29) is 5.63 Å². The maximum absolute atomic E-state index is 12.0. The average molecular weight is 256 g/mol. The molecular formula is C15H16N2O2. The van der Waals surface area contributed by atoms with Gasteiger partial charge in [-0.15, -0.1) is 0 Å². The van der Waals surface area contributed by atoms with Gasteiger partial charge in [-0.1, -0.05) is 26.0 Å². The fourth-order valence-electron chi connectivity index (χ4n) is 2.47. The van der Waals surface area contributed by atoms with Gasteiger partial charge in [0.2, 0.25) is 0 Å². The van der Waals surface area contributed by atoms with E-state index >= 15 is 0 Å². The van der Waals surface area contributed by atoms with Crippen molar-refractivity contribution >= 4 is 22.0 Å². The molecule has 0 bridgehead atoms. The summed E-state index contributed by atoms with van der Waals surface area (Å²) in [4.78, 5) is 16.4. The van der Waals surface area contributed by atoms with Crippen LogP contribution < -0.4 is 5.63 Å². The van der Waals surface area contributed by atoms with Gasteiger partial charge in [0.25, 0.3) is 0 Å². The highest BCUT2D eigenvalue weighted by molar-refractivity contribution is 6.00. The van der Waals surface area contributed by atoms with Crippen molar-refractivity contribution in [1.82, 2.24) is 9.55 Å². The van der Waals surface area contributed by atoms with E-state index in [0.29, 0.717) is 17.0 Å². The number of para-hydroxylation sites is 1. The Kier molecular flexibility index (Phi) is 2.66. The topological polar surface area (TPSA) is 48.0 Å². The highest BCUT2D eigenvalue weighted by atomic mass is 16.4. The van der Waals surface area contributed by atoms with Crippen LogP contribution in [0.1, 0.15) is 19.7 Å². The van der Waals surface area contributed by atoms with Crippen LogP contribution in [0.25, 0.3) is 22.0 Å². The number of imidazole rings is 1. The summed E-state index contributed by atoms with van der Waals surface area (Å²) in [6.07, 6.45) is 0. The quantitative estimate of drug-likeness (QED) is 0.662. The van der Waals surface area contributed by atoms with Crippen LogP contribution in [0, 0.1) is 12.8 Å². The smallest absolute Gasteiger partial charge is 0.364 e. The summed E-state index contributed by atoms with van der Waals surface area (Å²) in [5.41, 5.74) is 1.57. The minimum Gasteiger partial charge on any atom is -0.421 e. The molecule has 3 aromatic rings. The Morgan fingerprint density at radius 1 is 1.32 bits per heavy atom. The Morgan fingerprint density at radius 3 is 2.79 bits per heavy atom. The van der Waals surface area contributed by atoms with Crippen LogP contribution in [0.2, 0.25) is 0 Å². The van der Waals surface area contributed by atoms with Crippen molar-refractivity contribution in [3.63, 3.8) is 0 Å². The number of hydrogen-bond acceptors (Lipinski definition) is 3. The van der Waals surface area contributed by atoms with Gasteiger partial charge in [-0.3, -0.25) is 0 Å². The van der Waals surface area contributed by atoms with E-state index < -0.39 is 0 Å². The minimum absolute atomic E-state index is 0.362. The Bertz CT molecular complexity index is 812. The van der Waals surface area contributed by atoms with Crippen LogP contribution in [-0.4, -0.2) is 9.55 Å². The number of fused-ring (bicyclic) bond motifs is 3. The van der Waals surface area contributed by atoms with E-state index in [9.17, 15) is 4.79 Å². The third-order valence-electron chi connectivity index (χ3n) is 3.24. The first-order valence-corrected chi connectivity index (χ1v) is 6.46. The second kappa shape index (κ2) is 4.23. The van der Waals surface area contributed by atoms with Gasteiger partial charge in [-0.25, -0.2) is 9.78 Å². The number of aryl methyl sites for hydroxylation is 1. The second-order valence-electron chi connectivity index (χ2n) is 5.25. The van der Waals surface area contributed by atoms with E-state index in [1.807, 2.05) is 31.2 Å². The first kappa shape index (κ1) is 12.0. The lowest BCUT2D eigenvalue weighted by Crippen LogP contribution is -2.07. The zero-order chi connectivity index (χ0) is 13.6. The zero-order valence-corrected chi connectivity index (χ0v) is 11.3. The monoisotopic (exact) mass is 256 g/mol. The molecule has 0 amide bonds. The predicted molar refractivity (Wildman–Crippen MR) is 75.4 cm³/mol. The fraction of sp³-hybridized carbons (Fsp3) is 0.333. The Morgan fingerprint density at radius 2 is 2.05 bits per heavy atom. The van der Waals surface area contributed by atoms with Gasteiger partial charge in [0.15, 0.2) is 5.52 Å². The lowest BCUT2D eigenvalue weighted by molar-refractivity contribution is 0.524. The van der Waals surface area contributed by atoms with Gasteiger partial charge in [0, 0.05) is 11.9 Å². The lowest BCUT2D eigenvalue weighted by atomic mass is 10.2. The van der Waals surface area contributed by atoms with E-state index in [0.717, 1.165) is 23.3 Å². The predicted octanol–water partition coefficient (Wildman–Crippen LogP) is 3.11. The summed E-state index contributed by atoms with van der Waals surface area (Å²) < 4.78 is 7.43. The summed E-state index contributed by atoms with van der Waals surface area (Å²) in [7, 11) is 0. The molecule has 2 heterocycles. The highest BCUT2D eigenvalue weighted by Crippen LogP contribution is 2.24. The van der Waals surface area contributed by atoms with Gasteiger partial charge < -0.3 is 8.98 Å². The molecule has 0 saturated heterocycles. The van der Waals surface area contributed by atoms with Crippen molar-refractivity contribution in [2.75, 3.05) is 0 Å². The lowest BCUT2D eigenvalue weighted by Gasteiger charge is -2.10. The Balaban J connectivity index is 2.49. The van der Waals surface area contributed by atoms with Crippen LogP contribution in [-0.2, 0) is 6.54 Å². The number of benzene rings is 1. The average Bonchev–Trinajstić information content (AvgIpc) is 2.68. The molecule has 0 aliphatic heterocycles. The highest BCUT2D eigenvalue weighted by Gasteiger charge is 2.16. The molecule has 1 aromatic carbocycles. The van der Waals surface area contributed by atoms with Crippen molar-refractivity contribution in [2.24, 2.45) is 5.92 Å². The summed E-state index contributed by atoms with van der Waals surface area (Å²) in [6, 6.07) is 7.60. The van der Waals surface area contributed by atoms with Crippen molar-refractivity contribution < 1.29 is 4.42 Å². The first-order chi connectivity index (χ1) is 9.08. The second-order valence-corrected chi connectivity index (χ2v) is 5.25. The number of nitrogens with zero attached hydrogens (tertiary/aromatic N) is 2. The van der Waals surface area contributed by atoms with Gasteiger partial charge >= 0.3 is 5.63 Å². The third-order valence-corrected chi connectivity index (χ3v) is 3.24. The van der Waals surface area contributed by atoms with Crippen LogP contribution in [0.15, 0.2) is 33.5 Å². The van der Waals surface area contributed by atoms with Crippen LogP contribution in [0.3, 0.4) is 0 Å². The molecule has 4 heteroatoms. The molecule has 3 rings (SSSR count). The first-order valence-electron chi connectivity index (χ1n) is 6.46. The summed E-state index contributed by atoms with van der Waals surface area (Å²) in [5.74, 6) is 1.34. The molecular weight excluding hydrogens is 240 g/mol. The van der Waals surface area contributed by atoms with E-state index in [1.54, 1.807) is 0 Å². The van der Waals surface area contributed by atoms with Crippen molar-refractivity contribution in [3.05, 3.63) is 40.5 Å². The van der Waals surface area contributed by atoms with Gasteiger partial charge in [-0.05, 0) is 25.0 Å². The Hall–Kier alpha value is -2.10. The van der Waals surface area contributed by atoms with Crippen LogP contribution in [0.4, 0.5) is 0 Å².